The Hall–Kier alpha value is -0.610. The van der Waals surface area contributed by atoms with E-state index in [9.17, 15) is 4.79 Å². The lowest BCUT2D eigenvalue weighted by Crippen LogP contribution is -2.42. The summed E-state index contributed by atoms with van der Waals surface area (Å²) in [6.07, 6.45) is -0.483. The maximum atomic E-state index is 11.0. The SMILES string of the molecule is CN[C@@H](C)C(=O)NCC(C)O. The summed E-state index contributed by atoms with van der Waals surface area (Å²) in [5.41, 5.74) is 0. The lowest BCUT2D eigenvalue weighted by Gasteiger charge is -2.11. The Morgan fingerprint density at radius 1 is 1.55 bits per heavy atom. The van der Waals surface area contributed by atoms with Crippen LogP contribution in [-0.4, -0.2) is 36.8 Å². The van der Waals surface area contributed by atoms with Crippen molar-refractivity contribution in [1.29, 1.82) is 0 Å². The molecule has 2 atom stereocenters. The third-order valence-electron chi connectivity index (χ3n) is 1.40. The molecule has 3 N–H and O–H groups in total. The van der Waals surface area contributed by atoms with Crippen LogP contribution in [0.3, 0.4) is 0 Å². The van der Waals surface area contributed by atoms with E-state index in [1.165, 1.54) is 0 Å². The Kier molecular flexibility index (Phi) is 4.81. The van der Waals surface area contributed by atoms with Gasteiger partial charge in [-0.25, -0.2) is 0 Å². The third-order valence-corrected chi connectivity index (χ3v) is 1.40. The number of likely N-dealkylation sites (N-methyl/N-ethyl adjacent to an activating group) is 1. The van der Waals surface area contributed by atoms with Crippen molar-refractivity contribution in [2.24, 2.45) is 0 Å². The maximum absolute atomic E-state index is 11.0. The molecule has 0 saturated carbocycles. The summed E-state index contributed by atoms with van der Waals surface area (Å²) in [4.78, 5) is 11.0. The first-order valence-corrected chi connectivity index (χ1v) is 3.71. The van der Waals surface area contributed by atoms with Crippen molar-refractivity contribution in [2.75, 3.05) is 13.6 Å². The fraction of sp³-hybridized carbons (Fsp3) is 0.857. The van der Waals surface area contributed by atoms with E-state index in [-0.39, 0.29) is 11.9 Å². The molecule has 1 amide bonds. The zero-order chi connectivity index (χ0) is 8.85. The van der Waals surface area contributed by atoms with Gasteiger partial charge in [0.1, 0.15) is 0 Å². The highest BCUT2D eigenvalue weighted by molar-refractivity contribution is 5.81. The number of hydrogen-bond donors (Lipinski definition) is 3. The lowest BCUT2D eigenvalue weighted by atomic mass is 10.3. The van der Waals surface area contributed by atoms with Gasteiger partial charge in [0.05, 0.1) is 12.1 Å². The Morgan fingerprint density at radius 3 is 2.45 bits per heavy atom. The van der Waals surface area contributed by atoms with Crippen molar-refractivity contribution in [2.45, 2.75) is 26.0 Å². The molecule has 0 aliphatic carbocycles. The number of carbonyl (C=O) groups is 1. The molecule has 0 radical (unpaired) electrons. The highest BCUT2D eigenvalue weighted by Crippen LogP contribution is 1.80. The van der Waals surface area contributed by atoms with E-state index in [0.717, 1.165) is 0 Å². The van der Waals surface area contributed by atoms with E-state index in [4.69, 9.17) is 5.11 Å². The maximum Gasteiger partial charge on any atom is 0.236 e. The van der Waals surface area contributed by atoms with Crippen molar-refractivity contribution < 1.29 is 9.90 Å². The van der Waals surface area contributed by atoms with Crippen LogP contribution in [-0.2, 0) is 4.79 Å². The summed E-state index contributed by atoms with van der Waals surface area (Å²) < 4.78 is 0. The van der Waals surface area contributed by atoms with Crippen molar-refractivity contribution in [3.63, 3.8) is 0 Å². The minimum absolute atomic E-state index is 0.0894. The predicted octanol–water partition coefficient (Wildman–Crippen LogP) is -0.909. The topological polar surface area (TPSA) is 61.4 Å². The number of nitrogens with one attached hydrogen (secondary N) is 2. The molecule has 4 heteroatoms. The quantitative estimate of drug-likeness (QED) is 0.499. The molecule has 0 rings (SSSR count). The molecule has 0 aliphatic heterocycles. The number of hydrogen-bond acceptors (Lipinski definition) is 3. The van der Waals surface area contributed by atoms with Gasteiger partial charge >= 0.3 is 0 Å². The summed E-state index contributed by atoms with van der Waals surface area (Å²) in [7, 11) is 1.71. The van der Waals surface area contributed by atoms with E-state index in [1.54, 1.807) is 20.9 Å². The monoisotopic (exact) mass is 160 g/mol. The number of aliphatic hydroxyl groups excluding tert-OH is 1. The molecule has 11 heavy (non-hydrogen) atoms. The van der Waals surface area contributed by atoms with Crippen LogP contribution in [0.15, 0.2) is 0 Å². The second-order valence-electron chi connectivity index (χ2n) is 2.60. The predicted molar refractivity (Wildman–Crippen MR) is 43.2 cm³/mol. The third kappa shape index (κ3) is 4.75. The van der Waals surface area contributed by atoms with Gasteiger partial charge in [0, 0.05) is 6.54 Å². The van der Waals surface area contributed by atoms with Crippen LogP contribution in [0.5, 0.6) is 0 Å². The van der Waals surface area contributed by atoms with Crippen LogP contribution in [0, 0.1) is 0 Å². The van der Waals surface area contributed by atoms with Crippen LogP contribution < -0.4 is 10.6 Å². The molecule has 0 aromatic heterocycles. The molecule has 0 bridgehead atoms. The van der Waals surface area contributed by atoms with Crippen LogP contribution in [0.2, 0.25) is 0 Å². The molecule has 0 saturated heterocycles. The van der Waals surface area contributed by atoms with E-state index >= 15 is 0 Å². The zero-order valence-electron chi connectivity index (χ0n) is 7.22. The van der Waals surface area contributed by atoms with Gasteiger partial charge in [0.2, 0.25) is 5.91 Å². The minimum Gasteiger partial charge on any atom is -0.392 e. The Bertz CT molecular complexity index is 126. The molecular weight excluding hydrogens is 144 g/mol. The van der Waals surface area contributed by atoms with Gasteiger partial charge in [-0.2, -0.15) is 0 Å². The molecule has 0 fully saturated rings. The highest BCUT2D eigenvalue weighted by Gasteiger charge is 2.09. The number of rotatable bonds is 4. The van der Waals surface area contributed by atoms with Crippen molar-refractivity contribution in [1.82, 2.24) is 10.6 Å². The lowest BCUT2D eigenvalue weighted by molar-refractivity contribution is -0.123. The smallest absolute Gasteiger partial charge is 0.236 e. The first kappa shape index (κ1) is 10.4. The molecular formula is C7H16N2O2. The summed E-state index contributed by atoms with van der Waals surface area (Å²) in [5.74, 6) is -0.0894. The fourth-order valence-corrected chi connectivity index (χ4v) is 0.532. The first-order valence-electron chi connectivity index (χ1n) is 3.71. The Balaban J connectivity index is 3.52. The van der Waals surface area contributed by atoms with Crippen LogP contribution in [0.1, 0.15) is 13.8 Å². The summed E-state index contributed by atoms with van der Waals surface area (Å²) in [6, 6.07) is -0.200. The van der Waals surface area contributed by atoms with Crippen molar-refractivity contribution in [3.05, 3.63) is 0 Å². The molecule has 66 valence electrons. The minimum atomic E-state index is -0.483. The largest absolute Gasteiger partial charge is 0.392 e. The summed E-state index contributed by atoms with van der Waals surface area (Å²) in [5, 5.41) is 14.2. The van der Waals surface area contributed by atoms with Gasteiger partial charge in [-0.3, -0.25) is 4.79 Å². The van der Waals surface area contributed by atoms with Crippen molar-refractivity contribution >= 4 is 5.91 Å². The number of aliphatic hydroxyl groups is 1. The molecule has 0 aliphatic rings. The molecule has 0 aromatic rings. The Labute approximate surface area is 67.0 Å². The molecule has 0 heterocycles. The molecule has 0 aromatic carbocycles. The molecule has 1 unspecified atom stereocenters. The average molecular weight is 160 g/mol. The second-order valence-corrected chi connectivity index (χ2v) is 2.60. The fourth-order valence-electron chi connectivity index (χ4n) is 0.532. The molecule has 0 spiro atoms. The molecule has 4 nitrogen and oxygen atoms in total. The average Bonchev–Trinajstić information content (AvgIpc) is 1.98. The zero-order valence-corrected chi connectivity index (χ0v) is 7.22. The van der Waals surface area contributed by atoms with Crippen molar-refractivity contribution in [3.8, 4) is 0 Å². The second kappa shape index (κ2) is 5.09. The van der Waals surface area contributed by atoms with Gasteiger partial charge in [-0.1, -0.05) is 0 Å². The number of amides is 1. The van der Waals surface area contributed by atoms with Gasteiger partial charge in [0.15, 0.2) is 0 Å². The van der Waals surface area contributed by atoms with Crippen LogP contribution >= 0.6 is 0 Å². The van der Waals surface area contributed by atoms with E-state index in [1.807, 2.05) is 0 Å². The van der Waals surface area contributed by atoms with Crippen LogP contribution in [0.4, 0.5) is 0 Å². The standard InChI is InChI=1S/C7H16N2O2/c1-5(10)4-9-7(11)6(2)8-3/h5-6,8,10H,4H2,1-3H3,(H,9,11)/t5?,6-/m0/s1. The van der Waals surface area contributed by atoms with Gasteiger partial charge in [-0.15, -0.1) is 0 Å². The first-order chi connectivity index (χ1) is 5.07. The Morgan fingerprint density at radius 2 is 2.09 bits per heavy atom. The van der Waals surface area contributed by atoms with Gasteiger partial charge in [0.25, 0.3) is 0 Å². The summed E-state index contributed by atoms with van der Waals surface area (Å²) >= 11 is 0. The van der Waals surface area contributed by atoms with Gasteiger partial charge in [-0.05, 0) is 20.9 Å². The van der Waals surface area contributed by atoms with E-state index in [0.29, 0.717) is 6.54 Å². The van der Waals surface area contributed by atoms with E-state index in [2.05, 4.69) is 10.6 Å². The normalized spacial score (nSPS) is 15.6. The number of carbonyl (C=O) groups excluding carboxylic acids is 1. The van der Waals surface area contributed by atoms with E-state index < -0.39 is 6.10 Å². The highest BCUT2D eigenvalue weighted by atomic mass is 16.3. The summed E-state index contributed by atoms with van der Waals surface area (Å²) in [6.45, 7) is 3.70. The van der Waals surface area contributed by atoms with Crippen LogP contribution in [0.25, 0.3) is 0 Å². The van der Waals surface area contributed by atoms with Gasteiger partial charge < -0.3 is 15.7 Å².